The molecule has 1 fully saturated rings. The van der Waals surface area contributed by atoms with Gasteiger partial charge in [-0.3, -0.25) is 19.8 Å². The monoisotopic (exact) mass is 468 g/mol. The van der Waals surface area contributed by atoms with Gasteiger partial charge in [-0.25, -0.2) is 0 Å². The number of nitrogens with zero attached hydrogens (tertiary/aromatic N) is 1. The van der Waals surface area contributed by atoms with Crippen molar-refractivity contribution in [1.29, 1.82) is 0 Å². The summed E-state index contributed by atoms with van der Waals surface area (Å²) in [6.45, 7) is 4.23. The minimum Gasteiger partial charge on any atom is -0.490 e. The smallest absolute Gasteiger partial charge is 0.270 e. The number of benzene rings is 2. The largest absolute Gasteiger partial charge is 0.490 e. The quantitative estimate of drug-likeness (QED) is 0.286. The highest BCUT2D eigenvalue weighted by molar-refractivity contribution is 7.80. The summed E-state index contributed by atoms with van der Waals surface area (Å²) < 4.78 is 11.1. The number of thiocarbonyl (C=S) groups is 1. The molecule has 0 bridgehead atoms. The van der Waals surface area contributed by atoms with Crippen LogP contribution in [0.2, 0.25) is 5.02 Å². The predicted octanol–water partition coefficient (Wildman–Crippen LogP) is 4.14. The zero-order valence-electron chi connectivity index (χ0n) is 17.6. The predicted molar refractivity (Wildman–Crippen MR) is 129 cm³/mol. The topological polar surface area (TPSA) is 67.9 Å². The average Bonchev–Trinajstić information content (AvgIpc) is 2.76. The normalized spacial score (nSPS) is 14.9. The molecule has 164 valence electrons. The van der Waals surface area contributed by atoms with Gasteiger partial charge in [0.05, 0.1) is 17.3 Å². The van der Waals surface area contributed by atoms with E-state index in [-0.39, 0.29) is 22.3 Å². The summed E-state index contributed by atoms with van der Waals surface area (Å²) >= 11 is 11.6. The number of anilines is 1. The van der Waals surface area contributed by atoms with Gasteiger partial charge in [0, 0.05) is 0 Å². The molecule has 2 aromatic rings. The number of aryl methyl sites for hydroxylation is 1. The number of ether oxygens (including phenoxy) is 2. The van der Waals surface area contributed by atoms with E-state index in [4.69, 9.17) is 39.7 Å². The first kappa shape index (κ1) is 23.3. The zero-order chi connectivity index (χ0) is 23.3. The van der Waals surface area contributed by atoms with Crippen LogP contribution in [0.5, 0.6) is 11.5 Å². The lowest BCUT2D eigenvalue weighted by Crippen LogP contribution is -2.54. The molecule has 2 amide bonds. The van der Waals surface area contributed by atoms with Crippen molar-refractivity contribution < 1.29 is 19.1 Å². The van der Waals surface area contributed by atoms with Crippen molar-refractivity contribution in [3.63, 3.8) is 0 Å². The lowest BCUT2D eigenvalue weighted by molar-refractivity contribution is -0.122. The van der Waals surface area contributed by atoms with Crippen molar-refractivity contribution in [3.8, 4) is 23.8 Å². The zero-order valence-corrected chi connectivity index (χ0v) is 19.2. The Morgan fingerprint density at radius 1 is 1.19 bits per heavy atom. The van der Waals surface area contributed by atoms with Crippen molar-refractivity contribution in [2.24, 2.45) is 0 Å². The van der Waals surface area contributed by atoms with Crippen LogP contribution in [-0.4, -0.2) is 30.1 Å². The summed E-state index contributed by atoms with van der Waals surface area (Å²) in [6, 6.07) is 10.6. The van der Waals surface area contributed by atoms with Crippen LogP contribution in [0, 0.1) is 12.3 Å². The first-order chi connectivity index (χ1) is 15.4. The molecule has 3 rings (SSSR count). The lowest BCUT2D eigenvalue weighted by Gasteiger charge is -2.29. The number of rotatable bonds is 7. The fourth-order valence-electron chi connectivity index (χ4n) is 3.13. The summed E-state index contributed by atoms with van der Waals surface area (Å²) in [7, 11) is 0. The van der Waals surface area contributed by atoms with Crippen molar-refractivity contribution in [1.82, 2.24) is 5.32 Å². The van der Waals surface area contributed by atoms with E-state index in [0.29, 0.717) is 29.4 Å². The van der Waals surface area contributed by atoms with Gasteiger partial charge in [0.15, 0.2) is 16.6 Å². The second kappa shape index (κ2) is 10.3. The lowest BCUT2D eigenvalue weighted by atomic mass is 10.1. The molecule has 0 radical (unpaired) electrons. The van der Waals surface area contributed by atoms with Gasteiger partial charge in [-0.1, -0.05) is 36.6 Å². The van der Waals surface area contributed by atoms with Gasteiger partial charge >= 0.3 is 0 Å². The molecule has 0 atom stereocenters. The third-order valence-electron chi connectivity index (χ3n) is 4.65. The van der Waals surface area contributed by atoms with Crippen LogP contribution in [0.4, 0.5) is 5.69 Å². The van der Waals surface area contributed by atoms with E-state index >= 15 is 0 Å². The van der Waals surface area contributed by atoms with Crippen LogP contribution in [0.3, 0.4) is 0 Å². The highest BCUT2D eigenvalue weighted by atomic mass is 35.5. The summed E-state index contributed by atoms with van der Waals surface area (Å²) in [5.41, 5.74) is 2.08. The van der Waals surface area contributed by atoms with Gasteiger partial charge in [0.1, 0.15) is 12.2 Å². The van der Waals surface area contributed by atoms with Crippen LogP contribution < -0.4 is 19.7 Å². The highest BCUT2D eigenvalue weighted by Crippen LogP contribution is 2.37. The maximum absolute atomic E-state index is 13.2. The third kappa shape index (κ3) is 4.93. The molecule has 0 unspecified atom stereocenters. The molecule has 0 aliphatic carbocycles. The number of nitrogens with one attached hydrogen (secondary N) is 1. The summed E-state index contributed by atoms with van der Waals surface area (Å²) in [6.07, 6.45) is 7.56. The van der Waals surface area contributed by atoms with Gasteiger partial charge in [0.25, 0.3) is 11.8 Å². The van der Waals surface area contributed by atoms with E-state index in [1.807, 2.05) is 26.0 Å². The van der Waals surface area contributed by atoms with E-state index in [9.17, 15) is 9.59 Å². The van der Waals surface area contributed by atoms with Crippen LogP contribution in [0.25, 0.3) is 6.08 Å². The Balaban J connectivity index is 2.00. The Labute approximate surface area is 197 Å². The third-order valence-corrected chi connectivity index (χ3v) is 5.21. The molecule has 8 heteroatoms. The van der Waals surface area contributed by atoms with E-state index in [1.54, 1.807) is 24.3 Å². The van der Waals surface area contributed by atoms with Crippen molar-refractivity contribution in [3.05, 3.63) is 58.1 Å². The number of hydrogen-bond donors (Lipinski definition) is 1. The minimum atomic E-state index is -0.594. The Bertz CT molecular complexity index is 1140. The van der Waals surface area contributed by atoms with Crippen LogP contribution in [0.1, 0.15) is 25.0 Å². The molecular weight excluding hydrogens is 448 g/mol. The van der Waals surface area contributed by atoms with E-state index in [2.05, 4.69) is 11.2 Å². The molecule has 1 N–H and O–H groups in total. The molecule has 1 aliphatic heterocycles. The molecule has 0 aromatic heterocycles. The van der Waals surface area contributed by atoms with Crippen molar-refractivity contribution in [2.75, 3.05) is 18.1 Å². The van der Waals surface area contributed by atoms with Gasteiger partial charge in [-0.05, 0) is 67.0 Å². The van der Waals surface area contributed by atoms with Gasteiger partial charge in [-0.15, -0.1) is 6.42 Å². The molecular formula is C24H21ClN2O4S. The molecule has 6 nitrogen and oxygen atoms in total. The van der Waals surface area contributed by atoms with Crippen LogP contribution >= 0.6 is 23.8 Å². The van der Waals surface area contributed by atoms with E-state index in [1.165, 1.54) is 11.0 Å². The molecule has 1 saturated heterocycles. The molecule has 0 saturated carbocycles. The fraction of sp³-hybridized carbons (Fsp3) is 0.208. The number of carbonyl (C=O) groups excluding carboxylic acids is 2. The van der Waals surface area contributed by atoms with Crippen molar-refractivity contribution in [2.45, 2.75) is 20.3 Å². The number of amides is 2. The highest BCUT2D eigenvalue weighted by Gasteiger charge is 2.34. The SMILES string of the molecule is C#CCOc1c(Cl)cc(C=C2C(=O)NC(=S)N(c3ccc(CC)cc3)C2=O)cc1OCC. The summed E-state index contributed by atoms with van der Waals surface area (Å²) in [4.78, 5) is 27.1. The molecule has 1 heterocycles. The maximum atomic E-state index is 13.2. The number of terminal acetylenes is 1. The molecule has 2 aromatic carbocycles. The van der Waals surface area contributed by atoms with Gasteiger partial charge in [0.2, 0.25) is 0 Å². The molecule has 32 heavy (non-hydrogen) atoms. The summed E-state index contributed by atoms with van der Waals surface area (Å²) in [5.74, 6) is 1.89. The number of carbonyl (C=O) groups is 2. The first-order valence-electron chi connectivity index (χ1n) is 9.92. The second-order valence-electron chi connectivity index (χ2n) is 6.73. The van der Waals surface area contributed by atoms with E-state index in [0.717, 1.165) is 12.0 Å². The fourth-order valence-corrected chi connectivity index (χ4v) is 3.68. The average molecular weight is 469 g/mol. The number of halogens is 1. The Kier molecular flexibility index (Phi) is 7.52. The standard InChI is InChI=1S/C24H21ClN2O4S/c1-4-11-31-21-19(25)13-16(14-20(21)30-6-3)12-18-22(28)26-24(32)27(23(18)29)17-9-7-15(5-2)8-10-17/h1,7-10,12-14H,5-6,11H2,2-3H3,(H,26,28,32). The summed E-state index contributed by atoms with van der Waals surface area (Å²) in [5, 5.41) is 2.83. The minimum absolute atomic E-state index is 0.0182. The first-order valence-corrected chi connectivity index (χ1v) is 10.7. The number of hydrogen-bond acceptors (Lipinski definition) is 5. The van der Waals surface area contributed by atoms with Crippen LogP contribution in [-0.2, 0) is 16.0 Å². The Hall–Kier alpha value is -3.34. The Morgan fingerprint density at radius 3 is 2.53 bits per heavy atom. The van der Waals surface area contributed by atoms with Gasteiger partial charge < -0.3 is 9.47 Å². The van der Waals surface area contributed by atoms with Crippen molar-refractivity contribution >= 4 is 52.5 Å². The van der Waals surface area contributed by atoms with Crippen LogP contribution in [0.15, 0.2) is 42.0 Å². The van der Waals surface area contributed by atoms with Gasteiger partial charge in [-0.2, -0.15) is 0 Å². The second-order valence-corrected chi connectivity index (χ2v) is 7.53. The molecule has 0 spiro atoms. The molecule has 1 aliphatic rings. The maximum Gasteiger partial charge on any atom is 0.270 e. The van der Waals surface area contributed by atoms with E-state index < -0.39 is 11.8 Å². The Morgan fingerprint density at radius 2 is 1.91 bits per heavy atom.